The van der Waals surface area contributed by atoms with Gasteiger partial charge in [-0.2, -0.15) is 0 Å². The maximum absolute atomic E-state index is 11.8. The van der Waals surface area contributed by atoms with E-state index in [2.05, 4.69) is 12.2 Å². The van der Waals surface area contributed by atoms with Crippen molar-refractivity contribution in [2.75, 3.05) is 19.3 Å². The number of carbonyl (C=O) groups excluding carboxylic acids is 1. The monoisotopic (exact) mass is 416 g/mol. The number of hydrogen-bond donors (Lipinski definition) is 2. The summed E-state index contributed by atoms with van der Waals surface area (Å²) in [4.78, 5) is 11.8. The molecule has 2 atom stereocenters. The Bertz CT molecular complexity index is 353. The summed E-state index contributed by atoms with van der Waals surface area (Å²) >= 11 is 0. The molecule has 1 radical (unpaired) electrons. The van der Waals surface area contributed by atoms with E-state index in [0.29, 0.717) is 12.6 Å². The Labute approximate surface area is 175 Å². The van der Waals surface area contributed by atoms with E-state index in [9.17, 15) is 9.36 Å². The summed E-state index contributed by atoms with van der Waals surface area (Å²) in [6.45, 7) is 3.10. The van der Waals surface area contributed by atoms with Gasteiger partial charge in [-0.05, 0) is 25.2 Å². The molecule has 0 aliphatic heterocycles. The van der Waals surface area contributed by atoms with Crippen LogP contribution in [0.4, 0.5) is 0 Å². The van der Waals surface area contributed by atoms with Crippen LogP contribution in [0.15, 0.2) is 0 Å². The summed E-state index contributed by atoms with van der Waals surface area (Å²) in [7, 11) is -0.329. The van der Waals surface area contributed by atoms with E-state index in [1.54, 1.807) is 0 Å². The molecule has 167 valence electrons. The molecule has 1 amide bonds. The van der Waals surface area contributed by atoms with Crippen molar-refractivity contribution in [3.8, 4) is 0 Å². The molecule has 0 spiro atoms. The van der Waals surface area contributed by atoms with E-state index >= 15 is 0 Å². The van der Waals surface area contributed by atoms with Crippen molar-refractivity contribution in [2.24, 2.45) is 5.92 Å². The van der Waals surface area contributed by atoms with Crippen molar-refractivity contribution in [3.63, 3.8) is 0 Å². The SMILES string of the molecule is CCCCCCCCCCCCCCCC(=O)NCCCCC(CO)C[PH]=O. The Balaban J connectivity index is 3.25. The molecule has 28 heavy (non-hydrogen) atoms. The Kier molecular flexibility index (Phi) is 22.4. The zero-order valence-electron chi connectivity index (χ0n) is 18.5. The highest BCUT2D eigenvalue weighted by Gasteiger charge is 2.06. The fraction of sp³-hybridized carbons (Fsp3) is 0.957. The van der Waals surface area contributed by atoms with Crippen LogP contribution in [0.5, 0.6) is 0 Å². The molecule has 0 fully saturated rings. The van der Waals surface area contributed by atoms with Crippen LogP contribution in [0.25, 0.3) is 0 Å². The Morgan fingerprint density at radius 1 is 0.821 bits per heavy atom. The highest BCUT2D eigenvalue weighted by molar-refractivity contribution is 7.23. The number of amides is 1. The topological polar surface area (TPSA) is 66.4 Å². The third-order valence-electron chi connectivity index (χ3n) is 5.50. The predicted molar refractivity (Wildman–Crippen MR) is 122 cm³/mol. The van der Waals surface area contributed by atoms with Gasteiger partial charge in [0.05, 0.1) is 8.46 Å². The van der Waals surface area contributed by atoms with Gasteiger partial charge < -0.3 is 10.4 Å². The van der Waals surface area contributed by atoms with Crippen LogP contribution in [-0.2, 0) is 9.36 Å². The highest BCUT2D eigenvalue weighted by Crippen LogP contribution is 2.14. The van der Waals surface area contributed by atoms with Gasteiger partial charge in [0.1, 0.15) is 0 Å². The zero-order chi connectivity index (χ0) is 20.7. The van der Waals surface area contributed by atoms with Crippen molar-refractivity contribution in [2.45, 2.75) is 116 Å². The van der Waals surface area contributed by atoms with Crippen LogP contribution >= 0.6 is 8.46 Å². The van der Waals surface area contributed by atoms with Crippen molar-refractivity contribution in [3.05, 3.63) is 0 Å². The van der Waals surface area contributed by atoms with Crippen LogP contribution in [0, 0.1) is 5.92 Å². The zero-order valence-corrected chi connectivity index (χ0v) is 19.5. The molecule has 0 aliphatic carbocycles. The summed E-state index contributed by atoms with van der Waals surface area (Å²) < 4.78 is 10.6. The molecule has 0 aliphatic rings. The average Bonchev–Trinajstić information content (AvgIpc) is 2.70. The molecule has 0 heterocycles. The van der Waals surface area contributed by atoms with Gasteiger partial charge in [0.25, 0.3) is 0 Å². The van der Waals surface area contributed by atoms with E-state index in [0.717, 1.165) is 32.2 Å². The summed E-state index contributed by atoms with van der Waals surface area (Å²) in [5, 5.41) is 12.1. The van der Waals surface area contributed by atoms with Crippen LogP contribution in [0.3, 0.4) is 0 Å². The van der Waals surface area contributed by atoms with Crippen molar-refractivity contribution >= 4 is 14.4 Å². The van der Waals surface area contributed by atoms with Gasteiger partial charge in [-0.25, -0.2) is 0 Å². The van der Waals surface area contributed by atoms with E-state index in [1.165, 1.54) is 77.0 Å². The molecule has 0 saturated carbocycles. The van der Waals surface area contributed by atoms with Crippen LogP contribution in [-0.4, -0.2) is 30.3 Å². The molecule has 0 saturated heterocycles. The largest absolute Gasteiger partial charge is 0.396 e. The van der Waals surface area contributed by atoms with Crippen LogP contribution in [0.1, 0.15) is 116 Å². The molecule has 4 nitrogen and oxygen atoms in total. The van der Waals surface area contributed by atoms with E-state index in [4.69, 9.17) is 5.11 Å². The standard InChI is InChI=1S/C23H47NO3P/c1-2-3-4-5-6-7-8-9-10-11-12-13-14-18-23(26)24-19-16-15-17-22(20-25)21-28-27/h22,25,28H,2-21H2,1H3,(H,24,26). The Morgan fingerprint density at radius 3 is 1.86 bits per heavy atom. The molecular weight excluding hydrogens is 369 g/mol. The molecule has 0 aromatic carbocycles. The highest BCUT2D eigenvalue weighted by atomic mass is 31.1. The lowest BCUT2D eigenvalue weighted by molar-refractivity contribution is -0.121. The van der Waals surface area contributed by atoms with Crippen molar-refractivity contribution in [1.82, 2.24) is 5.32 Å². The number of aliphatic hydroxyl groups is 1. The van der Waals surface area contributed by atoms with Gasteiger partial charge >= 0.3 is 0 Å². The first-order chi connectivity index (χ1) is 13.7. The molecule has 0 rings (SSSR count). The first kappa shape index (κ1) is 27.5. The summed E-state index contributed by atoms with van der Waals surface area (Å²) in [6.07, 6.45) is 21.3. The number of hydrogen-bond acceptors (Lipinski definition) is 3. The maximum atomic E-state index is 11.8. The second-order valence-corrected chi connectivity index (χ2v) is 8.93. The molecule has 2 unspecified atom stereocenters. The summed E-state index contributed by atoms with van der Waals surface area (Å²) in [5.41, 5.74) is 0. The van der Waals surface area contributed by atoms with Gasteiger partial charge in [-0.15, -0.1) is 0 Å². The smallest absolute Gasteiger partial charge is 0.219 e. The normalized spacial score (nSPS) is 12.4. The molecule has 5 heteroatoms. The molecule has 0 bridgehead atoms. The maximum Gasteiger partial charge on any atom is 0.219 e. The van der Waals surface area contributed by atoms with Gasteiger partial charge in [-0.1, -0.05) is 90.4 Å². The van der Waals surface area contributed by atoms with Crippen LogP contribution < -0.4 is 5.32 Å². The minimum absolute atomic E-state index is 0.112. The first-order valence-corrected chi connectivity index (χ1v) is 13.1. The molecule has 0 aromatic rings. The van der Waals surface area contributed by atoms with E-state index < -0.39 is 0 Å². The number of unbranched alkanes of at least 4 members (excludes halogenated alkanes) is 13. The molecule has 2 N–H and O–H groups in total. The van der Waals surface area contributed by atoms with Crippen molar-refractivity contribution in [1.29, 1.82) is 0 Å². The van der Waals surface area contributed by atoms with Crippen LogP contribution in [0.2, 0.25) is 0 Å². The summed E-state index contributed by atoms with van der Waals surface area (Å²) in [5.74, 6) is 0.320. The minimum Gasteiger partial charge on any atom is -0.396 e. The molecular formula is C23H47NO3P. The van der Waals surface area contributed by atoms with Gasteiger partial charge in [0.15, 0.2) is 0 Å². The quantitative estimate of drug-likeness (QED) is 0.159. The minimum atomic E-state index is -0.329. The number of carbonyl (C=O) groups is 1. The lowest BCUT2D eigenvalue weighted by Crippen LogP contribution is -2.24. The third-order valence-corrected chi connectivity index (χ3v) is 6.24. The van der Waals surface area contributed by atoms with E-state index in [-0.39, 0.29) is 26.9 Å². The lowest BCUT2D eigenvalue weighted by atomic mass is 10.0. The second-order valence-electron chi connectivity index (χ2n) is 8.24. The van der Waals surface area contributed by atoms with Crippen molar-refractivity contribution < 1.29 is 14.5 Å². The Hall–Kier alpha value is -0.470. The third kappa shape index (κ3) is 20.3. The summed E-state index contributed by atoms with van der Waals surface area (Å²) in [6, 6.07) is 0. The number of rotatable bonds is 22. The van der Waals surface area contributed by atoms with Gasteiger partial charge in [0, 0.05) is 25.7 Å². The predicted octanol–water partition coefficient (Wildman–Crippen LogP) is 6.39. The first-order valence-electron chi connectivity index (χ1n) is 12.0. The Morgan fingerprint density at radius 2 is 1.36 bits per heavy atom. The van der Waals surface area contributed by atoms with Gasteiger partial charge in [0.2, 0.25) is 5.91 Å². The van der Waals surface area contributed by atoms with E-state index in [1.807, 2.05) is 0 Å². The fourth-order valence-electron chi connectivity index (χ4n) is 3.55. The lowest BCUT2D eigenvalue weighted by Gasteiger charge is -2.10. The number of nitrogens with one attached hydrogen (secondary N) is 1. The average molecular weight is 417 g/mol. The fourth-order valence-corrected chi connectivity index (χ4v) is 4.12. The second kappa shape index (κ2) is 22.8. The number of aliphatic hydroxyl groups excluding tert-OH is 1. The van der Waals surface area contributed by atoms with Gasteiger partial charge in [-0.3, -0.25) is 9.36 Å². The molecule has 0 aromatic heterocycles.